The lowest BCUT2D eigenvalue weighted by atomic mass is 9.91. The smallest absolute Gasteiger partial charge is 0.299 e. The van der Waals surface area contributed by atoms with E-state index >= 15 is 0 Å². The van der Waals surface area contributed by atoms with E-state index in [2.05, 4.69) is 5.32 Å². The van der Waals surface area contributed by atoms with Crippen molar-refractivity contribution in [1.82, 2.24) is 5.32 Å². The molecule has 2 aliphatic heterocycles. The van der Waals surface area contributed by atoms with Gasteiger partial charge in [0, 0.05) is 23.3 Å². The second kappa shape index (κ2) is 10.3. The maximum atomic E-state index is 13.3. The number of nitrogens with zero attached hydrogens (tertiary/aromatic N) is 2. The van der Waals surface area contributed by atoms with Crippen molar-refractivity contribution in [2.45, 2.75) is 25.0 Å². The summed E-state index contributed by atoms with van der Waals surface area (Å²) in [5, 5.41) is 13.7. The molecule has 1 fully saturated rings. The zero-order valence-corrected chi connectivity index (χ0v) is 20.9. The summed E-state index contributed by atoms with van der Waals surface area (Å²) >= 11 is 6.01. The summed E-state index contributed by atoms with van der Waals surface area (Å²) in [5.41, 5.74) is 3.56. The number of benzene rings is 3. The van der Waals surface area contributed by atoms with E-state index < -0.39 is 23.8 Å². The predicted octanol–water partition coefficient (Wildman–Crippen LogP) is 3.63. The van der Waals surface area contributed by atoms with Gasteiger partial charge >= 0.3 is 0 Å². The van der Waals surface area contributed by atoms with E-state index in [0.29, 0.717) is 10.7 Å². The number of hydrogen-bond acceptors (Lipinski definition) is 5. The van der Waals surface area contributed by atoms with Gasteiger partial charge in [-0.2, -0.15) is 0 Å². The van der Waals surface area contributed by atoms with Gasteiger partial charge in [0.2, 0.25) is 5.91 Å². The number of carbonyl (C=O) groups is 3. The summed E-state index contributed by atoms with van der Waals surface area (Å²) in [7, 11) is 0. The summed E-state index contributed by atoms with van der Waals surface area (Å²) in [6, 6.07) is 20.7. The molecule has 1 unspecified atom stereocenters. The normalized spacial score (nSPS) is 19.9. The molecule has 7 nitrogen and oxygen atoms in total. The first kappa shape index (κ1) is 24.9. The van der Waals surface area contributed by atoms with Gasteiger partial charge in [-0.1, -0.05) is 71.8 Å². The van der Waals surface area contributed by atoms with Crippen LogP contribution in [0.1, 0.15) is 21.5 Å². The first-order valence-corrected chi connectivity index (χ1v) is 12.4. The van der Waals surface area contributed by atoms with Crippen LogP contribution in [-0.2, 0) is 9.59 Å². The number of aryl methyl sites for hydroxylation is 1. The fraction of sp³-hybridized carbons (Fsp3) is 0.207. The van der Waals surface area contributed by atoms with Crippen molar-refractivity contribution >= 4 is 46.6 Å². The molecule has 3 aromatic carbocycles. The molecule has 2 aliphatic rings. The van der Waals surface area contributed by atoms with Crippen molar-refractivity contribution < 1.29 is 19.5 Å². The standard InChI is InChI=1S/C29H26ClN3O4/c1-18-7-11-22(12-8-18)33-25(13-9-19-5-3-2-4-6-19)26(28(33)36)31-21(17-34)16-32-24-14-10-20(30)15-23(24)27(35)29(32)37/h2-15,21,25-26,31,34H,16-17H2,1H3/b13-9+/t21?,25-,26+/m1/s1. The molecule has 37 heavy (non-hydrogen) atoms. The molecule has 0 spiro atoms. The Morgan fingerprint density at radius 3 is 2.46 bits per heavy atom. The van der Waals surface area contributed by atoms with Crippen molar-refractivity contribution in [2.24, 2.45) is 0 Å². The Balaban J connectivity index is 1.38. The van der Waals surface area contributed by atoms with Gasteiger partial charge in [0.05, 0.1) is 23.9 Å². The van der Waals surface area contributed by atoms with Crippen LogP contribution in [0.3, 0.4) is 0 Å². The summed E-state index contributed by atoms with van der Waals surface area (Å²) < 4.78 is 0. The minimum atomic E-state index is -0.681. The molecule has 0 radical (unpaired) electrons. The molecule has 0 saturated carbocycles. The zero-order chi connectivity index (χ0) is 26.1. The molecule has 0 bridgehead atoms. The molecule has 3 atom stereocenters. The molecule has 0 aromatic heterocycles. The topological polar surface area (TPSA) is 90.0 Å². The maximum Gasteiger partial charge on any atom is 0.299 e. The molecule has 2 heterocycles. The van der Waals surface area contributed by atoms with Crippen molar-refractivity contribution in [1.29, 1.82) is 0 Å². The second-order valence-electron chi connectivity index (χ2n) is 9.23. The number of Topliss-reactive ketones (excluding diaryl/α,β-unsaturated/α-hetero) is 1. The molecule has 5 rings (SSSR count). The van der Waals surface area contributed by atoms with E-state index in [1.54, 1.807) is 17.0 Å². The van der Waals surface area contributed by atoms with Crippen molar-refractivity contribution in [3.05, 3.63) is 101 Å². The Morgan fingerprint density at radius 1 is 1.03 bits per heavy atom. The number of carbonyl (C=O) groups excluding carboxylic acids is 3. The number of aliphatic hydroxyl groups excluding tert-OH is 1. The number of rotatable bonds is 8. The number of fused-ring (bicyclic) bond motifs is 1. The van der Waals surface area contributed by atoms with E-state index in [1.165, 1.54) is 11.0 Å². The zero-order valence-electron chi connectivity index (χ0n) is 20.2. The van der Waals surface area contributed by atoms with Crippen LogP contribution in [0.25, 0.3) is 6.08 Å². The number of aliphatic hydroxyl groups is 1. The number of ketones is 1. The molecule has 8 heteroatoms. The van der Waals surface area contributed by atoms with Crippen molar-refractivity contribution in [2.75, 3.05) is 23.0 Å². The number of amides is 2. The third-order valence-electron chi connectivity index (χ3n) is 6.71. The molecule has 0 aliphatic carbocycles. The van der Waals surface area contributed by atoms with E-state index in [1.807, 2.05) is 73.7 Å². The largest absolute Gasteiger partial charge is 0.395 e. The Hall–Kier alpha value is -3.78. The number of anilines is 2. The van der Waals surface area contributed by atoms with Crippen LogP contribution in [0.4, 0.5) is 11.4 Å². The van der Waals surface area contributed by atoms with Gasteiger partial charge in [0.1, 0.15) is 6.04 Å². The Labute approximate surface area is 220 Å². The lowest BCUT2D eigenvalue weighted by Gasteiger charge is -2.47. The van der Waals surface area contributed by atoms with E-state index in [9.17, 15) is 19.5 Å². The van der Waals surface area contributed by atoms with E-state index in [0.717, 1.165) is 16.8 Å². The fourth-order valence-corrected chi connectivity index (χ4v) is 4.92. The van der Waals surface area contributed by atoms with Crippen LogP contribution < -0.4 is 15.1 Å². The second-order valence-corrected chi connectivity index (χ2v) is 9.67. The Morgan fingerprint density at radius 2 is 1.76 bits per heavy atom. The number of β-lactam (4-membered cyclic amide) rings is 1. The highest BCUT2D eigenvalue weighted by Gasteiger charge is 2.48. The van der Waals surface area contributed by atoms with Gasteiger partial charge in [-0.05, 0) is 42.8 Å². The van der Waals surface area contributed by atoms with Crippen LogP contribution in [0.5, 0.6) is 0 Å². The molecule has 3 aromatic rings. The van der Waals surface area contributed by atoms with E-state index in [-0.39, 0.29) is 30.7 Å². The van der Waals surface area contributed by atoms with Gasteiger partial charge in [0.15, 0.2) is 0 Å². The molecule has 1 saturated heterocycles. The Kier molecular flexibility index (Phi) is 6.93. The van der Waals surface area contributed by atoms with E-state index in [4.69, 9.17) is 11.6 Å². The van der Waals surface area contributed by atoms with Crippen LogP contribution >= 0.6 is 11.6 Å². The number of nitrogens with one attached hydrogen (secondary N) is 1. The van der Waals surface area contributed by atoms with Crippen molar-refractivity contribution in [3.63, 3.8) is 0 Å². The maximum absolute atomic E-state index is 13.3. The number of halogens is 1. The summed E-state index contributed by atoms with van der Waals surface area (Å²) in [5.74, 6) is -1.46. The lowest BCUT2D eigenvalue weighted by molar-refractivity contribution is -0.126. The Bertz CT molecular complexity index is 1370. The van der Waals surface area contributed by atoms with Crippen LogP contribution in [-0.4, -0.2) is 54.0 Å². The monoisotopic (exact) mass is 515 g/mol. The highest BCUT2D eigenvalue weighted by molar-refractivity contribution is 6.52. The number of hydrogen-bond donors (Lipinski definition) is 2. The average molecular weight is 516 g/mol. The summed E-state index contributed by atoms with van der Waals surface area (Å²) in [6.45, 7) is 1.69. The van der Waals surface area contributed by atoms with Crippen molar-refractivity contribution in [3.8, 4) is 0 Å². The first-order valence-electron chi connectivity index (χ1n) is 12.0. The minimum absolute atomic E-state index is 0.0269. The highest BCUT2D eigenvalue weighted by atomic mass is 35.5. The summed E-state index contributed by atoms with van der Waals surface area (Å²) in [6.07, 6.45) is 3.92. The quantitative estimate of drug-likeness (QED) is 0.353. The minimum Gasteiger partial charge on any atom is -0.395 e. The summed E-state index contributed by atoms with van der Waals surface area (Å²) in [4.78, 5) is 41.5. The van der Waals surface area contributed by atoms with Gasteiger partial charge in [-0.15, -0.1) is 0 Å². The molecule has 188 valence electrons. The predicted molar refractivity (Wildman–Crippen MR) is 144 cm³/mol. The third kappa shape index (κ3) is 4.81. The van der Waals surface area contributed by atoms with Crippen LogP contribution in [0.15, 0.2) is 78.9 Å². The third-order valence-corrected chi connectivity index (χ3v) is 6.95. The molecule has 2 amide bonds. The van der Waals surface area contributed by atoms with Crippen LogP contribution in [0.2, 0.25) is 5.02 Å². The molecular formula is C29H26ClN3O4. The molecular weight excluding hydrogens is 490 g/mol. The van der Waals surface area contributed by atoms with Gasteiger partial charge in [0.25, 0.3) is 11.7 Å². The van der Waals surface area contributed by atoms with Gasteiger partial charge in [-0.3, -0.25) is 19.7 Å². The van der Waals surface area contributed by atoms with Gasteiger partial charge in [-0.25, -0.2) is 0 Å². The fourth-order valence-electron chi connectivity index (χ4n) is 4.75. The van der Waals surface area contributed by atoms with Crippen LogP contribution in [0, 0.1) is 6.92 Å². The molecule has 2 N–H and O–H groups in total. The van der Waals surface area contributed by atoms with Gasteiger partial charge < -0.3 is 14.9 Å². The highest BCUT2D eigenvalue weighted by Crippen LogP contribution is 2.33. The SMILES string of the molecule is Cc1ccc(N2C(=O)[C@@H](NC(CO)CN3C(=O)C(=O)c4cc(Cl)ccc43)[C@H]2/C=C/c2ccccc2)cc1. The lowest BCUT2D eigenvalue weighted by Crippen LogP contribution is -2.72. The first-order chi connectivity index (χ1) is 17.9. The average Bonchev–Trinajstić information content (AvgIpc) is 3.14.